The average Bonchev–Trinajstić information content (AvgIpc) is 2.44. The number of hydrogen-bond acceptors (Lipinski definition) is 5. The minimum Gasteiger partial charge on any atom is -0.497 e. The highest BCUT2D eigenvalue weighted by atomic mass is 32.1. The maximum Gasteiger partial charge on any atom is 0.325 e. The van der Waals surface area contributed by atoms with E-state index in [1.165, 1.54) is 14.2 Å². The maximum absolute atomic E-state index is 11.8. The van der Waals surface area contributed by atoms with Crippen LogP contribution in [0, 0.1) is 0 Å². The fraction of sp³-hybridized carbons (Fsp3) is 0.250. The lowest BCUT2D eigenvalue weighted by molar-refractivity contribution is -0.139. The Kier molecular flexibility index (Phi) is 5.74. The molecule has 6 nitrogen and oxygen atoms in total. The molecule has 0 unspecified atom stereocenters. The van der Waals surface area contributed by atoms with Crippen LogP contribution in [0.3, 0.4) is 0 Å². The second kappa shape index (κ2) is 7.32. The Hall–Kier alpha value is -2.15. The smallest absolute Gasteiger partial charge is 0.325 e. The number of hydrogen-bond donors (Lipinski definition) is 2. The molecule has 0 heterocycles. The number of rotatable bonds is 4. The van der Waals surface area contributed by atoms with E-state index in [0.29, 0.717) is 11.3 Å². The Labute approximate surface area is 116 Å². The molecule has 0 radical (unpaired) electrons. The van der Waals surface area contributed by atoms with E-state index >= 15 is 0 Å². The number of nitrogens with one attached hydrogen (secondary N) is 2. The molecule has 0 saturated carbocycles. The summed E-state index contributed by atoms with van der Waals surface area (Å²) in [5.74, 6) is -0.291. The van der Waals surface area contributed by atoms with Crippen molar-refractivity contribution in [3.8, 4) is 5.75 Å². The summed E-state index contributed by atoms with van der Waals surface area (Å²) < 4.78 is 9.44. The first-order valence-electron chi connectivity index (χ1n) is 5.37. The van der Waals surface area contributed by atoms with Gasteiger partial charge in [-0.1, -0.05) is 6.07 Å². The predicted molar refractivity (Wildman–Crippen MR) is 73.1 cm³/mol. The van der Waals surface area contributed by atoms with Crippen molar-refractivity contribution in [1.82, 2.24) is 10.6 Å². The van der Waals surface area contributed by atoms with E-state index in [4.69, 9.17) is 17.0 Å². The lowest BCUT2D eigenvalue weighted by atomic mass is 10.2. The van der Waals surface area contributed by atoms with E-state index in [-0.39, 0.29) is 17.6 Å². The first kappa shape index (κ1) is 14.9. The topological polar surface area (TPSA) is 76.7 Å². The molecule has 0 fully saturated rings. The van der Waals surface area contributed by atoms with Gasteiger partial charge in [0.15, 0.2) is 5.11 Å². The number of esters is 1. The van der Waals surface area contributed by atoms with Gasteiger partial charge in [0.05, 0.1) is 14.2 Å². The van der Waals surface area contributed by atoms with Crippen molar-refractivity contribution in [2.24, 2.45) is 0 Å². The highest BCUT2D eigenvalue weighted by Crippen LogP contribution is 2.12. The molecule has 0 aromatic heterocycles. The van der Waals surface area contributed by atoms with Crippen LogP contribution in [0.5, 0.6) is 5.75 Å². The summed E-state index contributed by atoms with van der Waals surface area (Å²) in [6, 6.07) is 6.63. The highest BCUT2D eigenvalue weighted by molar-refractivity contribution is 7.80. The summed E-state index contributed by atoms with van der Waals surface area (Å²) in [5.41, 5.74) is 0.404. The Bertz CT molecular complexity index is 490. The molecule has 1 aromatic carbocycles. The van der Waals surface area contributed by atoms with Crippen LogP contribution in [0.1, 0.15) is 10.4 Å². The monoisotopic (exact) mass is 282 g/mol. The zero-order valence-corrected chi connectivity index (χ0v) is 11.4. The molecule has 1 aromatic rings. The summed E-state index contributed by atoms with van der Waals surface area (Å²) in [6.45, 7) is -0.103. The molecule has 102 valence electrons. The number of benzene rings is 1. The van der Waals surface area contributed by atoms with Gasteiger partial charge in [0, 0.05) is 5.56 Å². The zero-order chi connectivity index (χ0) is 14.3. The number of carbonyl (C=O) groups is 2. The van der Waals surface area contributed by atoms with Crippen molar-refractivity contribution in [2.75, 3.05) is 20.8 Å². The van der Waals surface area contributed by atoms with Crippen LogP contribution in [-0.4, -0.2) is 37.8 Å². The molecular weight excluding hydrogens is 268 g/mol. The number of methoxy groups -OCH3 is 2. The van der Waals surface area contributed by atoms with Crippen LogP contribution in [0.15, 0.2) is 24.3 Å². The van der Waals surface area contributed by atoms with Gasteiger partial charge in [-0.3, -0.25) is 14.9 Å². The molecular formula is C12H14N2O4S. The maximum atomic E-state index is 11.8. The van der Waals surface area contributed by atoms with E-state index in [2.05, 4.69) is 15.4 Å². The van der Waals surface area contributed by atoms with Gasteiger partial charge in [0.1, 0.15) is 12.3 Å². The molecule has 19 heavy (non-hydrogen) atoms. The van der Waals surface area contributed by atoms with Crippen molar-refractivity contribution >= 4 is 29.2 Å². The standard InChI is InChI=1S/C12H14N2O4S/c1-17-9-5-3-4-8(6-9)11(16)14-12(19)13-7-10(15)18-2/h3-6H,7H2,1-2H3,(H2,13,14,16,19). The lowest BCUT2D eigenvalue weighted by Crippen LogP contribution is -2.41. The second-order valence-corrected chi connectivity index (χ2v) is 3.85. The third-order valence-electron chi connectivity index (χ3n) is 2.18. The number of ether oxygens (including phenoxy) is 2. The third kappa shape index (κ3) is 4.92. The Morgan fingerprint density at radius 2 is 2.05 bits per heavy atom. The van der Waals surface area contributed by atoms with Crippen molar-refractivity contribution in [2.45, 2.75) is 0 Å². The van der Waals surface area contributed by atoms with Gasteiger partial charge < -0.3 is 14.8 Å². The number of thiocarbonyl (C=S) groups is 1. The predicted octanol–water partition coefficient (Wildman–Crippen LogP) is 0.472. The summed E-state index contributed by atoms with van der Waals surface area (Å²) in [5, 5.41) is 5.06. The van der Waals surface area contributed by atoms with Crippen LogP contribution in [0.2, 0.25) is 0 Å². The molecule has 0 aliphatic rings. The van der Waals surface area contributed by atoms with Crippen LogP contribution < -0.4 is 15.4 Å². The highest BCUT2D eigenvalue weighted by Gasteiger charge is 2.09. The quantitative estimate of drug-likeness (QED) is 0.617. The third-order valence-corrected chi connectivity index (χ3v) is 2.43. The molecule has 0 saturated heterocycles. The summed E-state index contributed by atoms with van der Waals surface area (Å²) >= 11 is 4.88. The minimum atomic E-state index is -0.474. The van der Waals surface area contributed by atoms with E-state index in [9.17, 15) is 9.59 Å². The van der Waals surface area contributed by atoms with Crippen molar-refractivity contribution < 1.29 is 19.1 Å². The molecule has 0 spiro atoms. The molecule has 7 heteroatoms. The van der Waals surface area contributed by atoms with Gasteiger partial charge in [-0.2, -0.15) is 0 Å². The number of carbonyl (C=O) groups excluding carboxylic acids is 2. The molecule has 1 rings (SSSR count). The Morgan fingerprint density at radius 3 is 2.68 bits per heavy atom. The van der Waals surface area contributed by atoms with Gasteiger partial charge in [0.2, 0.25) is 0 Å². The van der Waals surface area contributed by atoms with Gasteiger partial charge >= 0.3 is 5.97 Å². The Balaban J connectivity index is 2.54. The SMILES string of the molecule is COC(=O)CNC(=S)NC(=O)c1cccc(OC)c1. The summed E-state index contributed by atoms with van der Waals surface area (Å²) in [7, 11) is 2.78. The van der Waals surface area contributed by atoms with Crippen LogP contribution in [0.25, 0.3) is 0 Å². The Morgan fingerprint density at radius 1 is 1.32 bits per heavy atom. The van der Waals surface area contributed by atoms with Crippen molar-refractivity contribution in [3.63, 3.8) is 0 Å². The lowest BCUT2D eigenvalue weighted by Gasteiger charge is -2.09. The van der Waals surface area contributed by atoms with Gasteiger partial charge in [-0.05, 0) is 30.4 Å². The van der Waals surface area contributed by atoms with Crippen molar-refractivity contribution in [3.05, 3.63) is 29.8 Å². The van der Waals surface area contributed by atoms with Crippen molar-refractivity contribution in [1.29, 1.82) is 0 Å². The zero-order valence-electron chi connectivity index (χ0n) is 10.6. The molecule has 0 aliphatic carbocycles. The summed E-state index contributed by atoms with van der Waals surface area (Å²) in [6.07, 6.45) is 0. The largest absolute Gasteiger partial charge is 0.497 e. The fourth-order valence-electron chi connectivity index (χ4n) is 1.21. The van der Waals surface area contributed by atoms with E-state index in [1.54, 1.807) is 24.3 Å². The van der Waals surface area contributed by atoms with E-state index in [0.717, 1.165) is 0 Å². The van der Waals surface area contributed by atoms with Crippen LogP contribution >= 0.6 is 12.2 Å². The van der Waals surface area contributed by atoms with Gasteiger partial charge in [-0.25, -0.2) is 0 Å². The molecule has 2 N–H and O–H groups in total. The normalized spacial score (nSPS) is 9.37. The van der Waals surface area contributed by atoms with Gasteiger partial charge in [0.25, 0.3) is 5.91 Å². The first-order chi connectivity index (χ1) is 9.06. The first-order valence-corrected chi connectivity index (χ1v) is 5.77. The van der Waals surface area contributed by atoms with Gasteiger partial charge in [-0.15, -0.1) is 0 Å². The van der Waals surface area contributed by atoms with Crippen LogP contribution in [-0.2, 0) is 9.53 Å². The average molecular weight is 282 g/mol. The van der Waals surface area contributed by atoms with E-state index < -0.39 is 5.97 Å². The fourth-order valence-corrected chi connectivity index (χ4v) is 1.37. The van der Waals surface area contributed by atoms with Crippen LogP contribution in [0.4, 0.5) is 0 Å². The summed E-state index contributed by atoms with van der Waals surface area (Å²) in [4.78, 5) is 22.7. The number of amides is 1. The molecule has 0 bridgehead atoms. The molecule has 0 atom stereocenters. The van der Waals surface area contributed by atoms with E-state index in [1.807, 2.05) is 0 Å². The minimum absolute atomic E-state index is 0.0539. The molecule has 1 amide bonds. The molecule has 0 aliphatic heterocycles. The second-order valence-electron chi connectivity index (χ2n) is 3.44.